The summed E-state index contributed by atoms with van der Waals surface area (Å²) in [5, 5.41) is 3.65. The van der Waals surface area contributed by atoms with Crippen molar-refractivity contribution in [3.63, 3.8) is 0 Å². The van der Waals surface area contributed by atoms with Crippen LogP contribution in [-0.4, -0.2) is 29.5 Å². The molecule has 1 N–H and O–H groups in total. The van der Waals surface area contributed by atoms with E-state index >= 15 is 0 Å². The van der Waals surface area contributed by atoms with Crippen LogP contribution in [0.4, 0.5) is 0 Å². The Morgan fingerprint density at radius 1 is 1.28 bits per heavy atom. The molecule has 2 aromatic rings. The second-order valence-electron chi connectivity index (χ2n) is 6.62. The number of nitrogens with one attached hydrogen (secondary N) is 1. The molecule has 0 radical (unpaired) electrons. The Bertz CT molecular complexity index is 801. The Balaban J connectivity index is 1.77. The molecule has 1 aliphatic carbocycles. The van der Waals surface area contributed by atoms with Gasteiger partial charge in [-0.15, -0.1) is 0 Å². The second-order valence-corrected chi connectivity index (χ2v) is 6.62. The van der Waals surface area contributed by atoms with Gasteiger partial charge in [0, 0.05) is 17.1 Å². The number of fused-ring (bicyclic) bond motifs is 2. The average Bonchev–Trinajstić information content (AvgIpc) is 3.05. The van der Waals surface area contributed by atoms with E-state index in [0.717, 1.165) is 54.3 Å². The smallest absolute Gasteiger partial charge is 0.339 e. The van der Waals surface area contributed by atoms with Gasteiger partial charge in [0.15, 0.2) is 6.61 Å². The monoisotopic (exact) mass is 340 g/mol. The van der Waals surface area contributed by atoms with Gasteiger partial charge in [0.1, 0.15) is 0 Å². The van der Waals surface area contributed by atoms with Crippen LogP contribution in [-0.2, 0) is 22.4 Å². The third-order valence-corrected chi connectivity index (χ3v) is 4.59. The van der Waals surface area contributed by atoms with Crippen molar-refractivity contribution in [3.05, 3.63) is 41.1 Å². The quantitative estimate of drug-likeness (QED) is 0.820. The number of benzene rings is 1. The van der Waals surface area contributed by atoms with Gasteiger partial charge in [-0.2, -0.15) is 0 Å². The Kier molecular flexibility index (Phi) is 5.31. The van der Waals surface area contributed by atoms with Crippen LogP contribution in [0.25, 0.3) is 10.9 Å². The Hall–Kier alpha value is -2.43. The van der Waals surface area contributed by atoms with Crippen LogP contribution in [0.3, 0.4) is 0 Å². The van der Waals surface area contributed by atoms with E-state index in [1.165, 1.54) is 0 Å². The molecule has 0 saturated carbocycles. The van der Waals surface area contributed by atoms with Gasteiger partial charge in [-0.3, -0.25) is 9.78 Å². The summed E-state index contributed by atoms with van der Waals surface area (Å²) in [6.45, 7) is 3.77. The minimum absolute atomic E-state index is 0.0854. The summed E-state index contributed by atoms with van der Waals surface area (Å²) < 4.78 is 5.32. The van der Waals surface area contributed by atoms with Crippen LogP contribution >= 0.6 is 0 Å². The van der Waals surface area contributed by atoms with Crippen LogP contribution in [0.1, 0.15) is 54.7 Å². The van der Waals surface area contributed by atoms with Gasteiger partial charge in [-0.05, 0) is 44.2 Å². The summed E-state index contributed by atoms with van der Waals surface area (Å²) in [6, 6.07) is 7.68. The first kappa shape index (κ1) is 17.4. The topological polar surface area (TPSA) is 68.3 Å². The second kappa shape index (κ2) is 7.64. The molecule has 1 aromatic heterocycles. The molecule has 0 unspecified atom stereocenters. The lowest BCUT2D eigenvalue weighted by molar-refractivity contribution is -0.124. The third-order valence-electron chi connectivity index (χ3n) is 4.59. The van der Waals surface area contributed by atoms with Crippen molar-refractivity contribution >= 4 is 22.8 Å². The standard InChI is InChI=1S/C20H24N2O3/c1-3-7-13(2)21-18(23)12-25-20(24)19-14-8-4-5-10-16(14)22-17-11-6-9-15(17)19/h4-5,8,10,13H,3,6-7,9,11-12H2,1-2H3,(H,21,23)/t13-/m1/s1. The highest BCUT2D eigenvalue weighted by Gasteiger charge is 2.25. The zero-order valence-corrected chi connectivity index (χ0v) is 14.8. The highest BCUT2D eigenvalue weighted by atomic mass is 16.5. The molecule has 1 aliphatic rings. The van der Waals surface area contributed by atoms with E-state index < -0.39 is 5.97 Å². The lowest BCUT2D eigenvalue weighted by Crippen LogP contribution is -2.35. The van der Waals surface area contributed by atoms with Crippen molar-refractivity contribution in [2.24, 2.45) is 0 Å². The number of hydrogen-bond acceptors (Lipinski definition) is 4. The first-order valence-corrected chi connectivity index (χ1v) is 8.97. The van der Waals surface area contributed by atoms with Crippen LogP contribution in [0.5, 0.6) is 0 Å². The number of amides is 1. The minimum Gasteiger partial charge on any atom is -0.452 e. The van der Waals surface area contributed by atoms with E-state index in [2.05, 4.69) is 17.2 Å². The molecule has 0 bridgehead atoms. The van der Waals surface area contributed by atoms with Gasteiger partial charge < -0.3 is 10.1 Å². The molecule has 0 saturated heterocycles. The molecule has 5 heteroatoms. The molecule has 1 atom stereocenters. The van der Waals surface area contributed by atoms with Crippen molar-refractivity contribution in [2.75, 3.05) is 6.61 Å². The maximum atomic E-state index is 12.7. The number of rotatable bonds is 6. The fraction of sp³-hybridized carbons (Fsp3) is 0.450. The molecule has 1 amide bonds. The van der Waals surface area contributed by atoms with Crippen LogP contribution < -0.4 is 5.32 Å². The maximum absolute atomic E-state index is 12.7. The van der Waals surface area contributed by atoms with E-state index in [4.69, 9.17) is 4.74 Å². The van der Waals surface area contributed by atoms with Crippen molar-refractivity contribution < 1.29 is 14.3 Å². The molecule has 25 heavy (non-hydrogen) atoms. The fourth-order valence-electron chi connectivity index (χ4n) is 3.47. The third kappa shape index (κ3) is 3.81. The Morgan fingerprint density at radius 2 is 2.08 bits per heavy atom. The Morgan fingerprint density at radius 3 is 2.88 bits per heavy atom. The van der Waals surface area contributed by atoms with Crippen LogP contribution in [0.2, 0.25) is 0 Å². The summed E-state index contributed by atoms with van der Waals surface area (Å²) in [4.78, 5) is 29.3. The SMILES string of the molecule is CCC[C@@H](C)NC(=O)COC(=O)c1c2c(nc3ccccc13)CCC2. The summed E-state index contributed by atoms with van der Waals surface area (Å²) in [5.41, 5.74) is 3.33. The number of aromatic nitrogens is 1. The molecule has 1 aromatic carbocycles. The lowest BCUT2D eigenvalue weighted by atomic mass is 10.0. The van der Waals surface area contributed by atoms with E-state index in [-0.39, 0.29) is 18.6 Å². The van der Waals surface area contributed by atoms with Gasteiger partial charge in [-0.1, -0.05) is 31.5 Å². The van der Waals surface area contributed by atoms with Crippen LogP contribution in [0.15, 0.2) is 24.3 Å². The van der Waals surface area contributed by atoms with Crippen LogP contribution in [0, 0.1) is 0 Å². The highest BCUT2D eigenvalue weighted by Crippen LogP contribution is 2.30. The van der Waals surface area contributed by atoms with Crippen molar-refractivity contribution in [1.29, 1.82) is 0 Å². The number of esters is 1. The predicted molar refractivity (Wildman–Crippen MR) is 96.6 cm³/mol. The molecule has 0 spiro atoms. The number of carbonyl (C=O) groups is 2. The first-order chi connectivity index (χ1) is 12.1. The predicted octanol–water partition coefficient (Wildman–Crippen LogP) is 3.19. The van der Waals surface area contributed by atoms with E-state index in [0.29, 0.717) is 5.56 Å². The zero-order chi connectivity index (χ0) is 17.8. The number of para-hydroxylation sites is 1. The molecule has 5 nitrogen and oxygen atoms in total. The van der Waals surface area contributed by atoms with E-state index in [9.17, 15) is 9.59 Å². The fourth-order valence-corrected chi connectivity index (χ4v) is 3.47. The summed E-state index contributed by atoms with van der Waals surface area (Å²) in [5.74, 6) is -0.695. The average molecular weight is 340 g/mol. The van der Waals surface area contributed by atoms with Crippen molar-refractivity contribution in [1.82, 2.24) is 10.3 Å². The molecule has 3 rings (SSSR count). The van der Waals surface area contributed by atoms with E-state index in [1.807, 2.05) is 31.2 Å². The molecule has 132 valence electrons. The van der Waals surface area contributed by atoms with Gasteiger partial charge >= 0.3 is 5.97 Å². The molecule has 0 aliphatic heterocycles. The highest BCUT2D eigenvalue weighted by molar-refractivity contribution is 6.05. The first-order valence-electron chi connectivity index (χ1n) is 8.97. The molecule has 1 heterocycles. The zero-order valence-electron chi connectivity index (χ0n) is 14.8. The molecule has 0 fully saturated rings. The number of ether oxygens (including phenoxy) is 1. The largest absolute Gasteiger partial charge is 0.452 e. The summed E-state index contributed by atoms with van der Waals surface area (Å²) >= 11 is 0. The number of hydrogen-bond donors (Lipinski definition) is 1. The minimum atomic E-state index is -0.435. The maximum Gasteiger partial charge on any atom is 0.339 e. The number of carbonyl (C=O) groups excluding carboxylic acids is 2. The normalized spacial score (nSPS) is 14.2. The van der Waals surface area contributed by atoms with Gasteiger partial charge in [0.25, 0.3) is 5.91 Å². The van der Waals surface area contributed by atoms with Gasteiger partial charge in [0.05, 0.1) is 11.1 Å². The molecular weight excluding hydrogens is 316 g/mol. The number of aryl methyl sites for hydroxylation is 1. The Labute approximate surface area is 147 Å². The number of nitrogens with zero attached hydrogens (tertiary/aromatic N) is 1. The summed E-state index contributed by atoms with van der Waals surface area (Å²) in [7, 11) is 0. The lowest BCUT2D eigenvalue weighted by Gasteiger charge is -2.14. The molecular formula is C20H24N2O3. The summed E-state index contributed by atoms with van der Waals surface area (Å²) in [6.07, 6.45) is 4.61. The van der Waals surface area contributed by atoms with Gasteiger partial charge in [0.2, 0.25) is 0 Å². The van der Waals surface area contributed by atoms with Crippen molar-refractivity contribution in [2.45, 2.75) is 52.0 Å². The van der Waals surface area contributed by atoms with Crippen molar-refractivity contribution in [3.8, 4) is 0 Å². The number of pyridine rings is 1. The van der Waals surface area contributed by atoms with Gasteiger partial charge in [-0.25, -0.2) is 4.79 Å². The van der Waals surface area contributed by atoms with E-state index in [1.54, 1.807) is 0 Å².